The smallest absolute Gasteiger partial charge is 0.292 e. The summed E-state index contributed by atoms with van der Waals surface area (Å²) in [7, 11) is 1.35. The molecule has 0 fully saturated rings. The highest BCUT2D eigenvalue weighted by Crippen LogP contribution is 2.07. The number of anilines is 1. The van der Waals surface area contributed by atoms with Crippen LogP contribution in [0.3, 0.4) is 0 Å². The Morgan fingerprint density at radius 1 is 1.44 bits per heavy atom. The standard InChI is InChI=1S/C12H10N2O4/c1-17-10-7-18-9(6-8(10)15)12(16)14-11-4-2-3-5-13-11/h2-7H,1H3,(H,13,14,16). The number of aromatic nitrogens is 1. The van der Waals surface area contributed by atoms with Crippen LogP contribution in [0.15, 0.2) is 45.9 Å². The molecule has 2 aromatic heterocycles. The highest BCUT2D eigenvalue weighted by Gasteiger charge is 2.12. The van der Waals surface area contributed by atoms with Crippen LogP contribution in [0.25, 0.3) is 0 Å². The summed E-state index contributed by atoms with van der Waals surface area (Å²) >= 11 is 0. The maximum atomic E-state index is 11.7. The number of methoxy groups -OCH3 is 1. The van der Waals surface area contributed by atoms with E-state index in [-0.39, 0.29) is 11.5 Å². The summed E-state index contributed by atoms with van der Waals surface area (Å²) in [6, 6.07) is 6.15. The minimum atomic E-state index is -0.548. The molecule has 0 bridgehead atoms. The molecular formula is C12H10N2O4. The van der Waals surface area contributed by atoms with Gasteiger partial charge in [0.25, 0.3) is 5.91 Å². The van der Waals surface area contributed by atoms with Crippen molar-refractivity contribution in [3.8, 4) is 5.75 Å². The van der Waals surface area contributed by atoms with E-state index >= 15 is 0 Å². The fraction of sp³-hybridized carbons (Fsp3) is 0.0833. The van der Waals surface area contributed by atoms with Gasteiger partial charge in [-0.3, -0.25) is 9.59 Å². The third-order valence-corrected chi connectivity index (χ3v) is 2.15. The maximum Gasteiger partial charge on any atom is 0.292 e. The predicted molar refractivity (Wildman–Crippen MR) is 63.7 cm³/mol. The van der Waals surface area contributed by atoms with Gasteiger partial charge < -0.3 is 14.5 Å². The number of nitrogens with zero attached hydrogens (tertiary/aromatic N) is 1. The average molecular weight is 246 g/mol. The summed E-state index contributed by atoms with van der Waals surface area (Å²) in [5.41, 5.74) is -0.421. The molecule has 0 atom stereocenters. The van der Waals surface area contributed by atoms with Crippen LogP contribution < -0.4 is 15.5 Å². The van der Waals surface area contributed by atoms with E-state index in [9.17, 15) is 9.59 Å². The quantitative estimate of drug-likeness (QED) is 0.882. The number of carbonyl (C=O) groups is 1. The molecule has 6 heteroatoms. The van der Waals surface area contributed by atoms with E-state index in [1.165, 1.54) is 7.11 Å². The normalized spacial score (nSPS) is 9.83. The lowest BCUT2D eigenvalue weighted by Gasteiger charge is -2.03. The van der Waals surface area contributed by atoms with Gasteiger partial charge in [0.2, 0.25) is 11.2 Å². The minimum absolute atomic E-state index is 0.0457. The van der Waals surface area contributed by atoms with Crippen LogP contribution in [0, 0.1) is 0 Å². The zero-order valence-corrected chi connectivity index (χ0v) is 9.54. The molecule has 0 radical (unpaired) electrons. The van der Waals surface area contributed by atoms with Crippen molar-refractivity contribution in [3.05, 3.63) is 52.7 Å². The molecule has 18 heavy (non-hydrogen) atoms. The summed E-state index contributed by atoms with van der Waals surface area (Å²) in [6.07, 6.45) is 2.63. The highest BCUT2D eigenvalue weighted by molar-refractivity contribution is 6.01. The second-order valence-electron chi connectivity index (χ2n) is 3.35. The number of amides is 1. The molecule has 0 aliphatic carbocycles. The molecule has 0 aliphatic heterocycles. The minimum Gasteiger partial charge on any atom is -0.490 e. The number of nitrogens with one attached hydrogen (secondary N) is 1. The summed E-state index contributed by atoms with van der Waals surface area (Å²) in [5, 5.41) is 2.50. The predicted octanol–water partition coefficient (Wildman–Crippen LogP) is 1.30. The number of pyridine rings is 1. The van der Waals surface area contributed by atoms with Gasteiger partial charge in [0.15, 0.2) is 5.76 Å². The number of hydrogen-bond donors (Lipinski definition) is 1. The van der Waals surface area contributed by atoms with Crippen LogP contribution in [-0.4, -0.2) is 18.0 Å². The van der Waals surface area contributed by atoms with Crippen LogP contribution in [0.1, 0.15) is 10.6 Å². The van der Waals surface area contributed by atoms with Gasteiger partial charge in [-0.1, -0.05) is 6.07 Å². The lowest BCUT2D eigenvalue weighted by Crippen LogP contribution is -2.15. The molecule has 0 spiro atoms. The van der Waals surface area contributed by atoms with E-state index in [1.54, 1.807) is 24.4 Å². The SMILES string of the molecule is COc1coc(C(=O)Nc2ccccn2)cc1=O. The molecule has 0 unspecified atom stereocenters. The molecule has 6 nitrogen and oxygen atoms in total. The van der Waals surface area contributed by atoms with Gasteiger partial charge in [0.1, 0.15) is 12.1 Å². The van der Waals surface area contributed by atoms with Gasteiger partial charge in [-0.15, -0.1) is 0 Å². The molecule has 1 amide bonds. The van der Waals surface area contributed by atoms with Crippen molar-refractivity contribution in [2.45, 2.75) is 0 Å². The Hall–Kier alpha value is -2.63. The van der Waals surface area contributed by atoms with Crippen molar-refractivity contribution < 1.29 is 13.9 Å². The summed E-state index contributed by atoms with van der Waals surface area (Å²) in [6.45, 7) is 0. The van der Waals surface area contributed by atoms with Crippen molar-refractivity contribution in [2.24, 2.45) is 0 Å². The summed E-state index contributed by atoms with van der Waals surface area (Å²) < 4.78 is 9.75. The first kappa shape index (κ1) is 11.8. The molecule has 2 heterocycles. The van der Waals surface area contributed by atoms with Crippen LogP contribution in [0.2, 0.25) is 0 Å². The molecule has 0 aliphatic rings. The first-order valence-electron chi connectivity index (χ1n) is 5.10. The van der Waals surface area contributed by atoms with E-state index < -0.39 is 11.3 Å². The zero-order valence-electron chi connectivity index (χ0n) is 9.54. The van der Waals surface area contributed by atoms with Crippen molar-refractivity contribution in [2.75, 3.05) is 12.4 Å². The number of rotatable bonds is 3. The van der Waals surface area contributed by atoms with Gasteiger partial charge in [0.05, 0.1) is 7.11 Å². The lowest BCUT2D eigenvalue weighted by molar-refractivity contribution is 0.0993. The molecule has 0 saturated carbocycles. The second kappa shape index (κ2) is 5.13. The fourth-order valence-corrected chi connectivity index (χ4v) is 1.28. The van der Waals surface area contributed by atoms with Crippen molar-refractivity contribution >= 4 is 11.7 Å². The van der Waals surface area contributed by atoms with Crippen LogP contribution in [-0.2, 0) is 0 Å². The Morgan fingerprint density at radius 3 is 2.89 bits per heavy atom. The molecule has 2 aromatic rings. The van der Waals surface area contributed by atoms with Gasteiger partial charge in [-0.05, 0) is 12.1 Å². The summed E-state index contributed by atoms with van der Waals surface area (Å²) in [5.74, 6) is -0.231. The van der Waals surface area contributed by atoms with Crippen LogP contribution >= 0.6 is 0 Å². The maximum absolute atomic E-state index is 11.7. The first-order chi connectivity index (χ1) is 8.70. The molecule has 92 valence electrons. The molecular weight excluding hydrogens is 236 g/mol. The van der Waals surface area contributed by atoms with Crippen LogP contribution in [0.5, 0.6) is 5.75 Å². The van der Waals surface area contributed by atoms with E-state index in [2.05, 4.69) is 10.3 Å². The second-order valence-corrected chi connectivity index (χ2v) is 3.35. The average Bonchev–Trinajstić information content (AvgIpc) is 2.39. The lowest BCUT2D eigenvalue weighted by atomic mass is 10.3. The number of ether oxygens (including phenoxy) is 1. The Bertz CT molecular complexity index is 607. The van der Waals surface area contributed by atoms with E-state index in [0.29, 0.717) is 5.82 Å². The molecule has 0 aromatic carbocycles. The topological polar surface area (TPSA) is 81.4 Å². The number of hydrogen-bond acceptors (Lipinski definition) is 5. The van der Waals surface area contributed by atoms with Crippen LogP contribution in [0.4, 0.5) is 5.82 Å². The van der Waals surface area contributed by atoms with E-state index in [0.717, 1.165) is 12.3 Å². The van der Waals surface area contributed by atoms with Gasteiger partial charge in [-0.25, -0.2) is 4.98 Å². The van der Waals surface area contributed by atoms with Gasteiger partial charge >= 0.3 is 0 Å². The Kier molecular flexibility index (Phi) is 3.38. The Labute approximate surface area is 102 Å². The Balaban J connectivity index is 2.20. The molecule has 0 saturated heterocycles. The molecule has 2 rings (SSSR count). The number of carbonyl (C=O) groups excluding carboxylic acids is 1. The van der Waals surface area contributed by atoms with Gasteiger partial charge in [0, 0.05) is 12.3 Å². The van der Waals surface area contributed by atoms with Crippen molar-refractivity contribution in [1.82, 2.24) is 4.98 Å². The monoisotopic (exact) mass is 246 g/mol. The fourth-order valence-electron chi connectivity index (χ4n) is 1.28. The third-order valence-electron chi connectivity index (χ3n) is 2.15. The first-order valence-corrected chi connectivity index (χ1v) is 5.10. The largest absolute Gasteiger partial charge is 0.490 e. The van der Waals surface area contributed by atoms with Crippen molar-refractivity contribution in [3.63, 3.8) is 0 Å². The molecule has 1 N–H and O–H groups in total. The van der Waals surface area contributed by atoms with Gasteiger partial charge in [-0.2, -0.15) is 0 Å². The zero-order chi connectivity index (χ0) is 13.0. The van der Waals surface area contributed by atoms with E-state index in [4.69, 9.17) is 9.15 Å². The highest BCUT2D eigenvalue weighted by atomic mass is 16.5. The van der Waals surface area contributed by atoms with E-state index in [1.807, 2.05) is 0 Å². The summed E-state index contributed by atoms with van der Waals surface area (Å²) in [4.78, 5) is 27.1. The Morgan fingerprint density at radius 2 is 2.28 bits per heavy atom. The third kappa shape index (κ3) is 2.54. The van der Waals surface area contributed by atoms with Crippen molar-refractivity contribution in [1.29, 1.82) is 0 Å².